The highest BCUT2D eigenvalue weighted by Gasteiger charge is 2.21. The van der Waals surface area contributed by atoms with E-state index in [-0.39, 0.29) is 0 Å². The number of para-hydroxylation sites is 2. The number of oxazole rings is 1. The minimum Gasteiger partial charge on any atom is -0.487 e. The number of hydrogen-bond donors (Lipinski definition) is 0. The molecule has 5 nitrogen and oxygen atoms in total. The number of hydrogen-bond acceptors (Lipinski definition) is 5. The van der Waals surface area contributed by atoms with E-state index in [0.717, 1.165) is 66.7 Å². The standard InChI is InChI=1S/C42H29N3O2/c1-2-8-29(9-3-1)28-46-41-37(33-20-18-31(19-21-33)35-11-7-23-44-27-35)24-36(25-38(41)42-45-39-12-4-5-13-40(39)47-42)32-16-14-30(15-17-32)34-10-6-22-43-26-34/h1-27H,28H2. The van der Waals surface area contributed by atoms with E-state index in [0.29, 0.717) is 18.2 Å². The van der Waals surface area contributed by atoms with Crippen LogP contribution >= 0.6 is 0 Å². The Bertz CT molecular complexity index is 2230. The van der Waals surface area contributed by atoms with Crippen molar-refractivity contribution in [1.29, 1.82) is 0 Å². The van der Waals surface area contributed by atoms with Crippen molar-refractivity contribution in [2.45, 2.75) is 6.61 Å². The second-order valence-corrected chi connectivity index (χ2v) is 11.3. The zero-order valence-electron chi connectivity index (χ0n) is 25.5. The minimum atomic E-state index is 0.397. The lowest BCUT2D eigenvalue weighted by molar-refractivity contribution is 0.308. The van der Waals surface area contributed by atoms with Crippen LogP contribution < -0.4 is 4.74 Å². The van der Waals surface area contributed by atoms with Gasteiger partial charge in [-0.05, 0) is 80.9 Å². The van der Waals surface area contributed by atoms with Crippen molar-refractivity contribution in [3.63, 3.8) is 0 Å². The topological polar surface area (TPSA) is 61.0 Å². The third-order valence-electron chi connectivity index (χ3n) is 8.24. The Balaban J connectivity index is 1.30. The summed E-state index contributed by atoms with van der Waals surface area (Å²) in [6, 6.07) is 47.5. The highest BCUT2D eigenvalue weighted by molar-refractivity contribution is 5.88. The molecule has 0 unspecified atom stereocenters. The molecule has 5 aromatic carbocycles. The van der Waals surface area contributed by atoms with E-state index in [9.17, 15) is 0 Å². The van der Waals surface area contributed by atoms with Crippen LogP contribution in [0.3, 0.4) is 0 Å². The first-order valence-corrected chi connectivity index (χ1v) is 15.5. The highest BCUT2D eigenvalue weighted by Crippen LogP contribution is 2.44. The number of nitrogens with zero attached hydrogens (tertiary/aromatic N) is 3. The van der Waals surface area contributed by atoms with E-state index in [4.69, 9.17) is 14.1 Å². The molecule has 0 saturated heterocycles. The molecule has 0 bridgehead atoms. The summed E-state index contributed by atoms with van der Waals surface area (Å²) in [6.45, 7) is 0.397. The number of benzene rings is 5. The van der Waals surface area contributed by atoms with Crippen molar-refractivity contribution in [3.8, 4) is 61.7 Å². The second kappa shape index (κ2) is 12.6. The predicted molar refractivity (Wildman–Crippen MR) is 188 cm³/mol. The summed E-state index contributed by atoms with van der Waals surface area (Å²) in [5.74, 6) is 1.22. The molecule has 0 aliphatic rings. The summed E-state index contributed by atoms with van der Waals surface area (Å²) in [5, 5.41) is 0. The Morgan fingerprint density at radius 2 is 1.06 bits per heavy atom. The fourth-order valence-electron chi connectivity index (χ4n) is 5.81. The molecule has 5 heteroatoms. The Morgan fingerprint density at radius 1 is 0.489 bits per heavy atom. The monoisotopic (exact) mass is 607 g/mol. The zero-order chi connectivity index (χ0) is 31.4. The van der Waals surface area contributed by atoms with Gasteiger partial charge in [0.15, 0.2) is 5.58 Å². The van der Waals surface area contributed by atoms with Crippen LogP contribution in [0.15, 0.2) is 169 Å². The number of pyridine rings is 2. The average Bonchev–Trinajstić information content (AvgIpc) is 3.59. The fraction of sp³-hybridized carbons (Fsp3) is 0.0238. The summed E-state index contributed by atoms with van der Waals surface area (Å²) in [6.07, 6.45) is 7.34. The van der Waals surface area contributed by atoms with Crippen molar-refractivity contribution in [3.05, 3.63) is 170 Å². The maximum Gasteiger partial charge on any atom is 0.231 e. The van der Waals surface area contributed by atoms with Gasteiger partial charge >= 0.3 is 0 Å². The quantitative estimate of drug-likeness (QED) is 0.172. The van der Waals surface area contributed by atoms with Gasteiger partial charge in [0.2, 0.25) is 5.89 Å². The fourth-order valence-corrected chi connectivity index (χ4v) is 5.81. The largest absolute Gasteiger partial charge is 0.487 e. The van der Waals surface area contributed by atoms with Gasteiger partial charge < -0.3 is 9.15 Å². The first-order valence-electron chi connectivity index (χ1n) is 15.5. The molecule has 0 N–H and O–H groups in total. The summed E-state index contributed by atoms with van der Waals surface area (Å²) in [5.41, 5.74) is 11.8. The molecule has 0 amide bonds. The number of rotatable bonds is 8. The predicted octanol–water partition coefficient (Wildman–Crippen LogP) is 10.5. The van der Waals surface area contributed by atoms with E-state index in [2.05, 4.69) is 94.9 Å². The van der Waals surface area contributed by atoms with Gasteiger partial charge in [0.25, 0.3) is 0 Å². The third-order valence-corrected chi connectivity index (χ3v) is 8.24. The third kappa shape index (κ3) is 5.90. The Morgan fingerprint density at radius 3 is 1.68 bits per heavy atom. The Hall–Kier alpha value is -6.33. The molecule has 3 aromatic heterocycles. The molecule has 3 heterocycles. The first kappa shape index (κ1) is 28.2. The summed E-state index contributed by atoms with van der Waals surface area (Å²) in [7, 11) is 0. The van der Waals surface area contributed by atoms with E-state index in [1.165, 1.54) is 0 Å². The van der Waals surface area contributed by atoms with Crippen LogP contribution in [0, 0.1) is 0 Å². The van der Waals surface area contributed by atoms with Crippen molar-refractivity contribution in [2.24, 2.45) is 0 Å². The van der Waals surface area contributed by atoms with Gasteiger partial charge in [-0.1, -0.05) is 103 Å². The van der Waals surface area contributed by atoms with Gasteiger partial charge in [0, 0.05) is 30.4 Å². The molecule has 8 rings (SSSR count). The van der Waals surface area contributed by atoms with Crippen LogP contribution in [-0.4, -0.2) is 15.0 Å². The maximum absolute atomic E-state index is 6.72. The average molecular weight is 608 g/mol. The smallest absolute Gasteiger partial charge is 0.231 e. The molecular weight excluding hydrogens is 578 g/mol. The van der Waals surface area contributed by atoms with Crippen molar-refractivity contribution < 1.29 is 9.15 Å². The number of ether oxygens (including phenoxy) is 1. The lowest BCUT2D eigenvalue weighted by atomic mass is 9.93. The molecule has 47 heavy (non-hydrogen) atoms. The molecule has 224 valence electrons. The van der Waals surface area contributed by atoms with Gasteiger partial charge in [-0.25, -0.2) is 4.98 Å². The van der Waals surface area contributed by atoms with E-state index in [1.54, 1.807) is 12.4 Å². The Kier molecular flexibility index (Phi) is 7.54. The summed E-state index contributed by atoms with van der Waals surface area (Å²) >= 11 is 0. The maximum atomic E-state index is 6.72. The molecule has 8 aromatic rings. The van der Waals surface area contributed by atoms with Crippen LogP contribution in [0.2, 0.25) is 0 Å². The molecular formula is C42H29N3O2. The molecule has 0 radical (unpaired) electrons. The highest BCUT2D eigenvalue weighted by atomic mass is 16.5. The normalized spacial score (nSPS) is 11.1. The van der Waals surface area contributed by atoms with Crippen molar-refractivity contribution in [2.75, 3.05) is 0 Å². The zero-order valence-corrected chi connectivity index (χ0v) is 25.5. The minimum absolute atomic E-state index is 0.397. The van der Waals surface area contributed by atoms with Gasteiger partial charge in [-0.15, -0.1) is 0 Å². The second-order valence-electron chi connectivity index (χ2n) is 11.3. The molecule has 0 aliphatic carbocycles. The van der Waals surface area contributed by atoms with Gasteiger partial charge in [-0.2, -0.15) is 0 Å². The van der Waals surface area contributed by atoms with Crippen molar-refractivity contribution >= 4 is 11.1 Å². The van der Waals surface area contributed by atoms with Gasteiger partial charge in [-0.3, -0.25) is 9.97 Å². The lowest BCUT2D eigenvalue weighted by Gasteiger charge is -2.18. The van der Waals surface area contributed by atoms with Crippen molar-refractivity contribution in [1.82, 2.24) is 15.0 Å². The first-order chi connectivity index (χ1) is 23.3. The lowest BCUT2D eigenvalue weighted by Crippen LogP contribution is -2.00. The summed E-state index contributed by atoms with van der Waals surface area (Å²) < 4.78 is 13.1. The molecule has 0 aliphatic heterocycles. The van der Waals surface area contributed by atoms with Crippen LogP contribution in [0.25, 0.3) is 67.1 Å². The van der Waals surface area contributed by atoms with E-state index < -0.39 is 0 Å². The van der Waals surface area contributed by atoms with Crippen LogP contribution in [-0.2, 0) is 6.61 Å². The van der Waals surface area contributed by atoms with E-state index in [1.807, 2.05) is 67.0 Å². The van der Waals surface area contributed by atoms with Crippen LogP contribution in [0.1, 0.15) is 5.56 Å². The van der Waals surface area contributed by atoms with Crippen LogP contribution in [0.5, 0.6) is 5.75 Å². The Labute approximate surface area is 272 Å². The van der Waals surface area contributed by atoms with E-state index >= 15 is 0 Å². The van der Waals surface area contributed by atoms with Gasteiger partial charge in [0.05, 0.1) is 5.56 Å². The number of fused-ring (bicyclic) bond motifs is 1. The molecule has 0 saturated carbocycles. The number of aromatic nitrogens is 3. The molecule has 0 fully saturated rings. The SMILES string of the molecule is c1ccc(COc2c(-c3ccc(-c4cccnc4)cc3)cc(-c3ccc(-c4cccnc4)cc3)cc2-c2nc3ccccc3o2)cc1. The molecule has 0 spiro atoms. The summed E-state index contributed by atoms with van der Waals surface area (Å²) in [4.78, 5) is 13.5. The van der Waals surface area contributed by atoms with Gasteiger partial charge in [0.1, 0.15) is 17.9 Å². The molecule has 0 atom stereocenters. The van der Waals surface area contributed by atoms with Crippen LogP contribution in [0.4, 0.5) is 0 Å².